The van der Waals surface area contributed by atoms with Crippen LogP contribution >= 0.6 is 0 Å². The number of hydrogen-bond donors (Lipinski definition) is 0. The van der Waals surface area contributed by atoms with Crippen LogP contribution in [0.1, 0.15) is 36.8 Å². The number of benzene rings is 1. The second-order valence-electron chi connectivity index (χ2n) is 7.78. The van der Waals surface area contributed by atoms with Crippen molar-refractivity contribution in [2.45, 2.75) is 32.1 Å². The molecule has 3 rings (SSSR count). The Kier molecular flexibility index (Phi) is 5.27. The third-order valence-corrected chi connectivity index (χ3v) is 6.76. The van der Waals surface area contributed by atoms with E-state index in [4.69, 9.17) is 9.47 Å². The van der Waals surface area contributed by atoms with Crippen molar-refractivity contribution in [1.82, 2.24) is 0 Å². The van der Waals surface area contributed by atoms with Gasteiger partial charge < -0.3 is 9.47 Å². The van der Waals surface area contributed by atoms with Gasteiger partial charge in [0, 0.05) is 11.3 Å². The fourth-order valence-corrected chi connectivity index (χ4v) is 4.98. The molecule has 1 saturated carbocycles. The summed E-state index contributed by atoms with van der Waals surface area (Å²) >= 11 is 0. The zero-order valence-electron chi connectivity index (χ0n) is 16.4. The van der Waals surface area contributed by atoms with Crippen LogP contribution in [0.15, 0.2) is 43.5 Å². The van der Waals surface area contributed by atoms with Gasteiger partial charge in [-0.3, -0.25) is 9.59 Å². The second kappa shape index (κ2) is 7.34. The first-order chi connectivity index (χ1) is 12.9. The van der Waals surface area contributed by atoms with E-state index in [1.54, 1.807) is 7.11 Å². The molecular formula is C23H28O4. The lowest BCUT2D eigenvalue weighted by Crippen LogP contribution is -2.47. The van der Waals surface area contributed by atoms with E-state index in [-0.39, 0.29) is 23.5 Å². The second-order valence-corrected chi connectivity index (χ2v) is 7.78. The Labute approximate surface area is 161 Å². The molecule has 144 valence electrons. The van der Waals surface area contributed by atoms with Gasteiger partial charge in [0.1, 0.15) is 11.7 Å². The number of ether oxygens (including phenoxy) is 2. The number of ketones is 1. The summed E-state index contributed by atoms with van der Waals surface area (Å²) in [6, 6.07) is 5.84. The van der Waals surface area contributed by atoms with E-state index in [1.807, 2.05) is 37.3 Å². The van der Waals surface area contributed by atoms with E-state index in [2.05, 4.69) is 13.2 Å². The third kappa shape index (κ3) is 2.91. The molecule has 4 nitrogen and oxygen atoms in total. The number of esters is 1. The zero-order chi connectivity index (χ0) is 19.8. The molecule has 0 heterocycles. The predicted octanol–water partition coefficient (Wildman–Crippen LogP) is 4.10. The highest BCUT2D eigenvalue weighted by Gasteiger charge is 2.55. The molecule has 4 atom stereocenters. The Morgan fingerprint density at radius 3 is 2.33 bits per heavy atom. The van der Waals surface area contributed by atoms with Crippen LogP contribution in [0.4, 0.5) is 0 Å². The first-order valence-electron chi connectivity index (χ1n) is 9.46. The van der Waals surface area contributed by atoms with Gasteiger partial charge in [-0.25, -0.2) is 0 Å². The summed E-state index contributed by atoms with van der Waals surface area (Å²) in [6.07, 6.45) is 6.16. The Balaban J connectivity index is 2.01. The minimum absolute atomic E-state index is 0.0324. The average Bonchev–Trinajstić information content (AvgIpc) is 3.01. The normalized spacial score (nSPS) is 26.3. The van der Waals surface area contributed by atoms with Gasteiger partial charge in [-0.1, -0.05) is 25.1 Å². The molecule has 0 saturated heterocycles. The van der Waals surface area contributed by atoms with E-state index in [0.717, 1.165) is 29.7 Å². The molecule has 4 heteroatoms. The molecule has 0 aromatic heterocycles. The summed E-state index contributed by atoms with van der Waals surface area (Å²) in [5.41, 5.74) is 1.47. The van der Waals surface area contributed by atoms with Gasteiger partial charge in [0.05, 0.1) is 14.2 Å². The summed E-state index contributed by atoms with van der Waals surface area (Å²) in [7, 11) is 2.96. The Morgan fingerprint density at radius 2 is 1.81 bits per heavy atom. The van der Waals surface area contributed by atoms with Crippen LogP contribution in [0.2, 0.25) is 0 Å². The van der Waals surface area contributed by atoms with Gasteiger partial charge in [0.25, 0.3) is 0 Å². The molecule has 0 amide bonds. The van der Waals surface area contributed by atoms with Crippen molar-refractivity contribution in [3.63, 3.8) is 0 Å². The lowest BCUT2D eigenvalue weighted by molar-refractivity contribution is -0.155. The van der Waals surface area contributed by atoms with Crippen molar-refractivity contribution in [2.24, 2.45) is 23.2 Å². The van der Waals surface area contributed by atoms with Gasteiger partial charge >= 0.3 is 5.97 Å². The number of carbonyl (C=O) groups is 2. The quantitative estimate of drug-likeness (QED) is 0.413. The molecular weight excluding hydrogens is 340 g/mol. The molecule has 0 spiro atoms. The summed E-state index contributed by atoms with van der Waals surface area (Å²) < 4.78 is 10.4. The fourth-order valence-electron chi connectivity index (χ4n) is 4.98. The predicted molar refractivity (Wildman–Crippen MR) is 105 cm³/mol. The molecule has 0 radical (unpaired) electrons. The maximum Gasteiger partial charge on any atom is 0.316 e. The number of allylic oxidation sites excluding steroid dienone is 2. The molecule has 0 N–H and O–H groups in total. The third-order valence-electron chi connectivity index (χ3n) is 6.76. The smallest absolute Gasteiger partial charge is 0.316 e. The number of rotatable bonds is 7. The topological polar surface area (TPSA) is 52.6 Å². The van der Waals surface area contributed by atoms with Crippen LogP contribution in [-0.4, -0.2) is 26.0 Å². The maximum atomic E-state index is 13.8. The first kappa shape index (κ1) is 19.4. The standard InChI is InChI=1S/C23H28O4/c1-6-15-9-10-16(7-2)23(15,3)21(24)20(22(25)27-5)19-12-14-8-11-17(26-4)13-18(14)19/h6-8,11,13,15-16,19-20H,1-2,9-10,12H2,3-5H3/t15-,16-,19?,20?/m0/s1. The van der Waals surface area contributed by atoms with Gasteiger partial charge in [0.15, 0.2) is 5.78 Å². The van der Waals surface area contributed by atoms with Crippen LogP contribution in [0.25, 0.3) is 0 Å². The van der Waals surface area contributed by atoms with E-state index in [9.17, 15) is 9.59 Å². The van der Waals surface area contributed by atoms with Gasteiger partial charge in [-0.15, -0.1) is 13.2 Å². The maximum absolute atomic E-state index is 13.8. The van der Waals surface area contributed by atoms with E-state index in [0.29, 0.717) is 6.42 Å². The summed E-state index contributed by atoms with van der Waals surface area (Å²) in [6.45, 7) is 9.82. The number of hydrogen-bond acceptors (Lipinski definition) is 4. The molecule has 1 fully saturated rings. The highest BCUT2D eigenvalue weighted by molar-refractivity contribution is 6.04. The van der Waals surface area contributed by atoms with Crippen LogP contribution in [0, 0.1) is 23.2 Å². The molecule has 1 aromatic rings. The monoisotopic (exact) mass is 368 g/mol. The van der Waals surface area contributed by atoms with E-state index >= 15 is 0 Å². The SMILES string of the molecule is C=C[C@H]1CC[C@H](C=C)C1(C)C(=O)C(C(=O)OC)C1Cc2ccc(OC)cc21. The van der Waals surface area contributed by atoms with Crippen LogP contribution < -0.4 is 4.74 Å². The number of carbonyl (C=O) groups excluding carboxylic acids is 2. The lowest BCUT2D eigenvalue weighted by atomic mass is 9.61. The van der Waals surface area contributed by atoms with Crippen molar-refractivity contribution in [1.29, 1.82) is 0 Å². The molecule has 0 aliphatic heterocycles. The Bertz CT molecular complexity index is 763. The average molecular weight is 368 g/mol. The van der Waals surface area contributed by atoms with Gasteiger partial charge in [-0.2, -0.15) is 0 Å². The van der Waals surface area contributed by atoms with Gasteiger partial charge in [-0.05, 0) is 54.4 Å². The van der Waals surface area contributed by atoms with Crippen LogP contribution in [-0.2, 0) is 20.7 Å². The first-order valence-corrected chi connectivity index (χ1v) is 9.46. The van der Waals surface area contributed by atoms with Gasteiger partial charge in [0.2, 0.25) is 0 Å². The largest absolute Gasteiger partial charge is 0.497 e. The molecule has 2 unspecified atom stereocenters. The summed E-state index contributed by atoms with van der Waals surface area (Å²) in [4.78, 5) is 26.5. The summed E-state index contributed by atoms with van der Waals surface area (Å²) in [5, 5.41) is 0. The van der Waals surface area contributed by atoms with Crippen molar-refractivity contribution in [3.05, 3.63) is 54.6 Å². The number of fused-ring (bicyclic) bond motifs is 1. The Hall–Kier alpha value is -2.36. The molecule has 0 bridgehead atoms. The van der Waals surface area contributed by atoms with Crippen molar-refractivity contribution in [3.8, 4) is 5.75 Å². The highest BCUT2D eigenvalue weighted by atomic mass is 16.5. The van der Waals surface area contributed by atoms with E-state index < -0.39 is 17.3 Å². The molecule has 27 heavy (non-hydrogen) atoms. The summed E-state index contributed by atoms with van der Waals surface area (Å²) in [5.74, 6) is -0.715. The molecule has 1 aromatic carbocycles. The van der Waals surface area contributed by atoms with Crippen molar-refractivity contribution < 1.29 is 19.1 Å². The van der Waals surface area contributed by atoms with Crippen molar-refractivity contribution >= 4 is 11.8 Å². The zero-order valence-corrected chi connectivity index (χ0v) is 16.4. The molecule has 2 aliphatic carbocycles. The highest BCUT2D eigenvalue weighted by Crippen LogP contribution is 2.53. The van der Waals surface area contributed by atoms with Crippen LogP contribution in [0.5, 0.6) is 5.75 Å². The van der Waals surface area contributed by atoms with E-state index in [1.165, 1.54) is 7.11 Å². The lowest BCUT2D eigenvalue weighted by Gasteiger charge is -2.41. The number of methoxy groups -OCH3 is 2. The number of Topliss-reactive ketones (excluding diaryl/α,β-unsaturated/α-hetero) is 1. The Morgan fingerprint density at radius 1 is 1.19 bits per heavy atom. The molecule has 2 aliphatic rings. The fraction of sp³-hybridized carbons (Fsp3) is 0.478. The minimum atomic E-state index is -0.817. The van der Waals surface area contributed by atoms with Crippen molar-refractivity contribution in [2.75, 3.05) is 14.2 Å². The minimum Gasteiger partial charge on any atom is -0.497 e. The van der Waals surface area contributed by atoms with Crippen LogP contribution in [0.3, 0.4) is 0 Å².